The number of rotatable bonds is 3. The molecular weight excluding hydrogens is 300 g/mol. The molecule has 1 N–H and O–H groups in total. The van der Waals surface area contributed by atoms with Crippen LogP contribution in [-0.2, 0) is 0 Å². The van der Waals surface area contributed by atoms with E-state index in [1.165, 1.54) is 10.5 Å². The molecule has 2 aromatic rings. The maximum Gasteiger partial charge on any atom is 0.0786 e. The Kier molecular flexibility index (Phi) is 4.32. The molecule has 0 spiro atoms. The topological polar surface area (TPSA) is 15.3 Å². The summed E-state index contributed by atoms with van der Waals surface area (Å²) in [6.07, 6.45) is 1.13. The molecule has 0 saturated heterocycles. The number of hydrogen-bond donors (Lipinski definition) is 1. The molecule has 3 rings (SSSR count). The van der Waals surface area contributed by atoms with Crippen LogP contribution in [0.15, 0.2) is 47.4 Å². The zero-order valence-electron chi connectivity index (χ0n) is 12.3. The Morgan fingerprint density at radius 3 is 2.76 bits per heavy atom. The second kappa shape index (κ2) is 6.20. The summed E-state index contributed by atoms with van der Waals surface area (Å²) in [5.74, 6) is 1.15. The van der Waals surface area contributed by atoms with Gasteiger partial charge in [0.25, 0.3) is 0 Å². The normalized spacial score (nSPS) is 17.2. The van der Waals surface area contributed by atoms with Gasteiger partial charge in [0.15, 0.2) is 0 Å². The lowest BCUT2D eigenvalue weighted by Crippen LogP contribution is -2.19. The number of nitrogens with one attached hydrogen (secondary N) is 1. The molecule has 2 nitrogen and oxygen atoms in total. The molecule has 1 aliphatic rings. The summed E-state index contributed by atoms with van der Waals surface area (Å²) in [6.45, 7) is 0. The van der Waals surface area contributed by atoms with E-state index in [2.05, 4.69) is 40.5 Å². The molecule has 1 unspecified atom stereocenters. The minimum absolute atomic E-state index is 0.347. The third-order valence-corrected chi connectivity index (χ3v) is 5.15. The van der Waals surface area contributed by atoms with E-state index < -0.39 is 0 Å². The maximum atomic E-state index is 6.36. The van der Waals surface area contributed by atoms with Gasteiger partial charge < -0.3 is 10.2 Å². The Morgan fingerprint density at radius 2 is 1.95 bits per heavy atom. The molecular formula is C17H19ClN2S. The van der Waals surface area contributed by atoms with Gasteiger partial charge in [-0.2, -0.15) is 0 Å². The Bertz CT molecular complexity index is 642. The van der Waals surface area contributed by atoms with Crippen LogP contribution >= 0.6 is 23.4 Å². The number of benzene rings is 2. The molecule has 110 valence electrons. The highest BCUT2D eigenvalue weighted by Gasteiger charge is 2.21. The molecule has 4 heteroatoms. The molecule has 0 fully saturated rings. The van der Waals surface area contributed by atoms with Gasteiger partial charge in [0, 0.05) is 24.7 Å². The second-order valence-corrected chi connectivity index (χ2v) is 6.95. The van der Waals surface area contributed by atoms with Crippen LogP contribution in [-0.4, -0.2) is 19.8 Å². The van der Waals surface area contributed by atoms with Crippen molar-refractivity contribution >= 4 is 34.7 Å². The zero-order valence-corrected chi connectivity index (χ0v) is 13.8. The molecule has 0 saturated carbocycles. The lowest BCUT2D eigenvalue weighted by atomic mass is 10.0. The van der Waals surface area contributed by atoms with Crippen molar-refractivity contribution in [1.29, 1.82) is 0 Å². The van der Waals surface area contributed by atoms with Crippen molar-refractivity contribution in [2.75, 3.05) is 30.1 Å². The molecule has 1 aliphatic heterocycles. The quantitative estimate of drug-likeness (QED) is 0.852. The van der Waals surface area contributed by atoms with Crippen LogP contribution in [0.1, 0.15) is 18.0 Å². The van der Waals surface area contributed by atoms with E-state index >= 15 is 0 Å². The summed E-state index contributed by atoms with van der Waals surface area (Å²) in [6, 6.07) is 15.0. The molecule has 0 aliphatic carbocycles. The van der Waals surface area contributed by atoms with Crippen molar-refractivity contribution in [3.8, 4) is 0 Å². The first-order chi connectivity index (χ1) is 10.2. The molecule has 2 aromatic carbocycles. The lowest BCUT2D eigenvalue weighted by Gasteiger charge is -2.29. The number of para-hydroxylation sites is 1. The summed E-state index contributed by atoms with van der Waals surface area (Å²) in [5, 5.41) is 4.47. The number of halogens is 1. The van der Waals surface area contributed by atoms with Crippen molar-refractivity contribution in [2.45, 2.75) is 17.4 Å². The van der Waals surface area contributed by atoms with E-state index in [9.17, 15) is 0 Å². The average Bonchev–Trinajstić information content (AvgIpc) is 2.47. The maximum absolute atomic E-state index is 6.36. The lowest BCUT2D eigenvalue weighted by molar-refractivity contribution is 0.728. The van der Waals surface area contributed by atoms with Crippen molar-refractivity contribution < 1.29 is 0 Å². The van der Waals surface area contributed by atoms with Crippen LogP contribution in [0.2, 0.25) is 5.02 Å². The highest BCUT2D eigenvalue weighted by molar-refractivity contribution is 7.99. The molecule has 21 heavy (non-hydrogen) atoms. The van der Waals surface area contributed by atoms with Crippen molar-refractivity contribution in [3.05, 3.63) is 53.1 Å². The van der Waals surface area contributed by atoms with Crippen LogP contribution in [0, 0.1) is 0 Å². The van der Waals surface area contributed by atoms with E-state index in [1.54, 1.807) is 0 Å². The third kappa shape index (κ3) is 2.99. The van der Waals surface area contributed by atoms with Crippen LogP contribution in [0.5, 0.6) is 0 Å². The highest BCUT2D eigenvalue weighted by atomic mass is 35.5. The monoisotopic (exact) mass is 318 g/mol. The van der Waals surface area contributed by atoms with Gasteiger partial charge in [-0.05, 0) is 30.2 Å². The molecule has 0 bridgehead atoms. The van der Waals surface area contributed by atoms with E-state index in [1.807, 2.05) is 38.0 Å². The Labute approximate surface area is 135 Å². The van der Waals surface area contributed by atoms with Crippen LogP contribution in [0.3, 0.4) is 0 Å². The standard InChI is InChI=1S/C17H19ClN2S/c1-20(2)17-13(18)7-5-8-15(17)19-14-10-11-21-16-9-4-3-6-12(14)16/h3-9,14,19H,10-11H2,1-2H3. The third-order valence-electron chi connectivity index (χ3n) is 3.72. The molecule has 0 radical (unpaired) electrons. The smallest absolute Gasteiger partial charge is 0.0786 e. The van der Waals surface area contributed by atoms with Crippen molar-refractivity contribution in [2.24, 2.45) is 0 Å². The largest absolute Gasteiger partial charge is 0.376 e. The number of nitrogens with zero attached hydrogens (tertiary/aromatic N) is 1. The predicted octanol–water partition coefficient (Wildman–Crippen LogP) is 5.06. The van der Waals surface area contributed by atoms with Gasteiger partial charge in [0.1, 0.15) is 0 Å². The van der Waals surface area contributed by atoms with Gasteiger partial charge in [-0.3, -0.25) is 0 Å². The Balaban J connectivity index is 1.94. The first-order valence-corrected chi connectivity index (χ1v) is 8.47. The van der Waals surface area contributed by atoms with E-state index in [0.717, 1.165) is 28.6 Å². The van der Waals surface area contributed by atoms with Gasteiger partial charge in [-0.1, -0.05) is 35.9 Å². The summed E-state index contributed by atoms with van der Waals surface area (Å²) in [4.78, 5) is 3.45. The first-order valence-electron chi connectivity index (χ1n) is 7.11. The van der Waals surface area contributed by atoms with E-state index in [4.69, 9.17) is 11.6 Å². The molecule has 1 heterocycles. The highest BCUT2D eigenvalue weighted by Crippen LogP contribution is 2.40. The van der Waals surface area contributed by atoms with Gasteiger partial charge in [-0.25, -0.2) is 0 Å². The fourth-order valence-corrected chi connectivity index (χ4v) is 4.23. The van der Waals surface area contributed by atoms with E-state index in [0.29, 0.717) is 6.04 Å². The summed E-state index contributed by atoms with van der Waals surface area (Å²) >= 11 is 8.30. The van der Waals surface area contributed by atoms with Crippen molar-refractivity contribution in [1.82, 2.24) is 0 Å². The number of fused-ring (bicyclic) bond motifs is 1. The minimum Gasteiger partial charge on any atom is -0.376 e. The van der Waals surface area contributed by atoms with Crippen molar-refractivity contribution in [3.63, 3.8) is 0 Å². The number of anilines is 2. The molecule has 1 atom stereocenters. The van der Waals surface area contributed by atoms with Crippen LogP contribution < -0.4 is 10.2 Å². The SMILES string of the molecule is CN(C)c1c(Cl)cccc1NC1CCSc2ccccc21. The zero-order chi connectivity index (χ0) is 14.8. The van der Waals surface area contributed by atoms with Gasteiger partial charge in [-0.15, -0.1) is 11.8 Å². The number of thioether (sulfide) groups is 1. The first kappa shape index (κ1) is 14.6. The van der Waals surface area contributed by atoms with Gasteiger partial charge >= 0.3 is 0 Å². The van der Waals surface area contributed by atoms with Gasteiger partial charge in [0.2, 0.25) is 0 Å². The Hall–Kier alpha value is -1.32. The molecule has 0 aromatic heterocycles. The van der Waals surface area contributed by atoms with Gasteiger partial charge in [0.05, 0.1) is 22.4 Å². The minimum atomic E-state index is 0.347. The summed E-state index contributed by atoms with van der Waals surface area (Å²) in [5.41, 5.74) is 3.53. The van der Waals surface area contributed by atoms with Crippen LogP contribution in [0.4, 0.5) is 11.4 Å². The van der Waals surface area contributed by atoms with E-state index in [-0.39, 0.29) is 0 Å². The Morgan fingerprint density at radius 1 is 1.14 bits per heavy atom. The summed E-state index contributed by atoms with van der Waals surface area (Å²) < 4.78 is 0. The predicted molar refractivity (Wildman–Crippen MR) is 93.9 cm³/mol. The fraction of sp³-hybridized carbons (Fsp3) is 0.294. The summed E-state index contributed by atoms with van der Waals surface area (Å²) in [7, 11) is 4.05. The number of hydrogen-bond acceptors (Lipinski definition) is 3. The molecule has 0 amide bonds. The average molecular weight is 319 g/mol. The fourth-order valence-electron chi connectivity index (χ4n) is 2.77. The van der Waals surface area contributed by atoms with Crippen LogP contribution in [0.25, 0.3) is 0 Å². The second-order valence-electron chi connectivity index (χ2n) is 5.40.